The number of hydrogen-bond acceptors (Lipinski definition) is 2. The third-order valence-electron chi connectivity index (χ3n) is 1.00. The van der Waals surface area contributed by atoms with Crippen molar-refractivity contribution >= 4 is 0 Å². The van der Waals surface area contributed by atoms with E-state index in [4.69, 9.17) is 9.15 Å². The Morgan fingerprint density at radius 3 is 2.62 bits per heavy atom. The molecule has 1 aromatic heterocycles. The lowest BCUT2D eigenvalue weighted by Crippen LogP contribution is -1.79. The van der Waals surface area contributed by atoms with Crippen LogP contribution >= 0.6 is 0 Å². The van der Waals surface area contributed by atoms with E-state index in [9.17, 15) is 0 Å². The van der Waals surface area contributed by atoms with Gasteiger partial charge in [-0.05, 0) is 13.0 Å². The van der Waals surface area contributed by atoms with Crippen LogP contribution in [0.5, 0.6) is 5.95 Å². The van der Waals surface area contributed by atoms with Crippen molar-refractivity contribution < 1.29 is 9.15 Å². The van der Waals surface area contributed by atoms with E-state index in [1.807, 2.05) is 13.0 Å². The summed E-state index contributed by atoms with van der Waals surface area (Å²) >= 11 is 0. The monoisotopic (exact) mass is 112 g/mol. The van der Waals surface area contributed by atoms with Gasteiger partial charge in [-0.1, -0.05) is 0 Å². The lowest BCUT2D eigenvalue weighted by Gasteiger charge is -1.90. The van der Waals surface area contributed by atoms with Gasteiger partial charge >= 0.3 is 0 Å². The zero-order valence-electron chi connectivity index (χ0n) is 4.97. The standard InChI is InChI=1S/C6H8O2/c1-5-3-4-8-6(5)7-2/h3-4H,1-2H3. The molecule has 1 heterocycles. The second-order valence-corrected chi connectivity index (χ2v) is 1.60. The van der Waals surface area contributed by atoms with E-state index in [1.165, 1.54) is 0 Å². The van der Waals surface area contributed by atoms with Crippen LogP contribution in [-0.4, -0.2) is 7.11 Å². The second-order valence-electron chi connectivity index (χ2n) is 1.60. The summed E-state index contributed by atoms with van der Waals surface area (Å²) in [7, 11) is 1.59. The van der Waals surface area contributed by atoms with Gasteiger partial charge in [-0.25, -0.2) is 0 Å². The van der Waals surface area contributed by atoms with Gasteiger partial charge in [0.05, 0.1) is 13.4 Å². The molecule has 0 fully saturated rings. The minimum absolute atomic E-state index is 0.602. The van der Waals surface area contributed by atoms with Gasteiger partial charge in [0.15, 0.2) is 0 Å². The van der Waals surface area contributed by atoms with E-state index >= 15 is 0 Å². The van der Waals surface area contributed by atoms with Crippen LogP contribution in [-0.2, 0) is 0 Å². The molecule has 0 unspecified atom stereocenters. The van der Waals surface area contributed by atoms with E-state index in [0.29, 0.717) is 5.95 Å². The third kappa shape index (κ3) is 0.689. The minimum Gasteiger partial charge on any atom is -0.468 e. The molecular weight excluding hydrogens is 104 g/mol. The summed E-state index contributed by atoms with van der Waals surface area (Å²) < 4.78 is 9.71. The Morgan fingerprint density at radius 1 is 1.62 bits per heavy atom. The third-order valence-corrected chi connectivity index (χ3v) is 1.00. The molecule has 0 amide bonds. The Balaban J connectivity index is 2.92. The van der Waals surface area contributed by atoms with Crippen LogP contribution in [0.2, 0.25) is 0 Å². The molecule has 1 rings (SSSR count). The first kappa shape index (κ1) is 5.22. The summed E-state index contributed by atoms with van der Waals surface area (Å²) in [5.74, 6) is 0.602. The fraction of sp³-hybridized carbons (Fsp3) is 0.333. The molecule has 0 saturated carbocycles. The van der Waals surface area contributed by atoms with Gasteiger partial charge in [0.1, 0.15) is 0 Å². The van der Waals surface area contributed by atoms with Crippen LogP contribution in [0.25, 0.3) is 0 Å². The summed E-state index contributed by atoms with van der Waals surface area (Å²) in [4.78, 5) is 0. The molecule has 0 radical (unpaired) electrons. The molecule has 44 valence electrons. The molecular formula is C6H8O2. The molecule has 0 atom stereocenters. The molecule has 0 aromatic carbocycles. The number of furan rings is 1. The van der Waals surface area contributed by atoms with Crippen molar-refractivity contribution in [2.24, 2.45) is 0 Å². The van der Waals surface area contributed by atoms with Crippen LogP contribution in [0.4, 0.5) is 0 Å². The maximum Gasteiger partial charge on any atom is 0.286 e. The predicted molar refractivity (Wildman–Crippen MR) is 30.0 cm³/mol. The molecule has 1 aromatic rings. The molecule has 2 heteroatoms. The average molecular weight is 112 g/mol. The Bertz CT molecular complexity index is 167. The van der Waals surface area contributed by atoms with Crippen molar-refractivity contribution in [3.05, 3.63) is 17.9 Å². The fourth-order valence-electron chi connectivity index (χ4n) is 0.568. The van der Waals surface area contributed by atoms with Crippen LogP contribution in [0.1, 0.15) is 5.56 Å². The lowest BCUT2D eigenvalue weighted by atomic mass is 10.4. The number of methoxy groups -OCH3 is 1. The molecule has 2 nitrogen and oxygen atoms in total. The number of hydrogen-bond donors (Lipinski definition) is 0. The quantitative estimate of drug-likeness (QED) is 0.550. The highest BCUT2D eigenvalue weighted by Gasteiger charge is 1.96. The lowest BCUT2D eigenvalue weighted by molar-refractivity contribution is 0.302. The topological polar surface area (TPSA) is 22.4 Å². The van der Waals surface area contributed by atoms with E-state index in [2.05, 4.69) is 0 Å². The van der Waals surface area contributed by atoms with Crippen LogP contribution < -0.4 is 4.74 Å². The van der Waals surface area contributed by atoms with Gasteiger partial charge in [0.25, 0.3) is 5.95 Å². The first-order valence-corrected chi connectivity index (χ1v) is 2.42. The maximum atomic E-state index is 4.89. The fourth-order valence-corrected chi connectivity index (χ4v) is 0.568. The van der Waals surface area contributed by atoms with Crippen LogP contribution in [0.3, 0.4) is 0 Å². The molecule has 0 aliphatic heterocycles. The highest BCUT2D eigenvalue weighted by Crippen LogP contribution is 2.16. The zero-order valence-corrected chi connectivity index (χ0v) is 4.97. The molecule has 0 aliphatic rings. The Labute approximate surface area is 48.1 Å². The summed E-state index contributed by atoms with van der Waals surface area (Å²) in [6.07, 6.45) is 1.61. The largest absolute Gasteiger partial charge is 0.468 e. The van der Waals surface area contributed by atoms with Gasteiger partial charge in [-0.15, -0.1) is 0 Å². The molecule has 0 bridgehead atoms. The summed E-state index contributed by atoms with van der Waals surface area (Å²) in [5, 5.41) is 0. The van der Waals surface area contributed by atoms with E-state index in [1.54, 1.807) is 13.4 Å². The first-order valence-electron chi connectivity index (χ1n) is 2.42. The van der Waals surface area contributed by atoms with Crippen LogP contribution in [0.15, 0.2) is 16.7 Å². The van der Waals surface area contributed by atoms with Crippen LogP contribution in [0, 0.1) is 6.92 Å². The normalized spacial score (nSPS) is 9.25. The SMILES string of the molecule is COc1occc1C. The number of rotatable bonds is 1. The Hall–Kier alpha value is -0.920. The summed E-state index contributed by atoms with van der Waals surface area (Å²) in [6.45, 7) is 1.93. The van der Waals surface area contributed by atoms with Gasteiger partial charge < -0.3 is 9.15 Å². The van der Waals surface area contributed by atoms with Crippen molar-refractivity contribution in [2.45, 2.75) is 6.92 Å². The Morgan fingerprint density at radius 2 is 2.38 bits per heavy atom. The van der Waals surface area contributed by atoms with Crippen molar-refractivity contribution in [3.8, 4) is 5.95 Å². The second kappa shape index (κ2) is 1.90. The molecule has 0 saturated heterocycles. The molecule has 0 N–H and O–H groups in total. The van der Waals surface area contributed by atoms with Crippen molar-refractivity contribution in [1.82, 2.24) is 0 Å². The van der Waals surface area contributed by atoms with E-state index in [0.717, 1.165) is 5.56 Å². The smallest absolute Gasteiger partial charge is 0.286 e. The summed E-state index contributed by atoms with van der Waals surface area (Å²) in [6, 6.07) is 1.86. The maximum absolute atomic E-state index is 4.89. The van der Waals surface area contributed by atoms with Gasteiger partial charge in [0, 0.05) is 5.56 Å². The minimum atomic E-state index is 0.602. The molecule has 8 heavy (non-hydrogen) atoms. The molecule has 0 aliphatic carbocycles. The highest BCUT2D eigenvalue weighted by atomic mass is 16.6. The predicted octanol–water partition coefficient (Wildman–Crippen LogP) is 1.60. The van der Waals surface area contributed by atoms with Gasteiger partial charge in [-0.3, -0.25) is 0 Å². The summed E-state index contributed by atoms with van der Waals surface area (Å²) in [5.41, 5.74) is 1.03. The van der Waals surface area contributed by atoms with Gasteiger partial charge in [-0.2, -0.15) is 0 Å². The van der Waals surface area contributed by atoms with Gasteiger partial charge in [0.2, 0.25) is 0 Å². The highest BCUT2D eigenvalue weighted by molar-refractivity contribution is 5.19. The number of aryl methyl sites for hydroxylation is 1. The average Bonchev–Trinajstić information content (AvgIpc) is 2.14. The van der Waals surface area contributed by atoms with E-state index < -0.39 is 0 Å². The Kier molecular flexibility index (Phi) is 1.24. The van der Waals surface area contributed by atoms with Crippen molar-refractivity contribution in [2.75, 3.05) is 7.11 Å². The zero-order chi connectivity index (χ0) is 5.98. The van der Waals surface area contributed by atoms with E-state index in [-0.39, 0.29) is 0 Å². The molecule has 0 spiro atoms. The first-order chi connectivity index (χ1) is 3.84. The van der Waals surface area contributed by atoms with Crippen molar-refractivity contribution in [3.63, 3.8) is 0 Å². The van der Waals surface area contributed by atoms with Crippen molar-refractivity contribution in [1.29, 1.82) is 0 Å². The number of ether oxygens (including phenoxy) is 1.